The molecule has 4 nitrogen and oxygen atoms in total. The van der Waals surface area contributed by atoms with Crippen LogP contribution in [0.2, 0.25) is 0 Å². The predicted molar refractivity (Wildman–Crippen MR) is 60.6 cm³/mol. The minimum absolute atomic E-state index is 0.0128. The average Bonchev–Trinajstić information content (AvgIpc) is 2.81. The van der Waals surface area contributed by atoms with Crippen LogP contribution in [0.4, 0.5) is 5.88 Å². The number of anilines is 1. The third-order valence-corrected chi connectivity index (χ3v) is 3.61. The lowest BCUT2D eigenvalue weighted by atomic mass is 9.98. The van der Waals surface area contributed by atoms with Gasteiger partial charge in [0.2, 0.25) is 5.76 Å². The quantitative estimate of drug-likeness (QED) is 0.827. The molecule has 1 saturated carbocycles. The SMILES string of the molecule is CC1CCC(Nc2ccc(C(=O)O)o2)C1C. The third kappa shape index (κ3) is 2.05. The molecule has 88 valence electrons. The molecule has 0 aliphatic heterocycles. The molecule has 1 aliphatic carbocycles. The number of rotatable bonds is 3. The lowest BCUT2D eigenvalue weighted by molar-refractivity contribution is 0.0663. The van der Waals surface area contributed by atoms with Crippen molar-refractivity contribution in [1.29, 1.82) is 0 Å². The summed E-state index contributed by atoms with van der Waals surface area (Å²) in [6.07, 6.45) is 2.33. The number of carbonyl (C=O) groups is 1. The van der Waals surface area contributed by atoms with E-state index in [1.165, 1.54) is 12.5 Å². The highest BCUT2D eigenvalue weighted by atomic mass is 16.4. The Morgan fingerprint density at radius 3 is 2.69 bits per heavy atom. The summed E-state index contributed by atoms with van der Waals surface area (Å²) in [5.74, 6) is 0.829. The van der Waals surface area contributed by atoms with E-state index >= 15 is 0 Å². The minimum Gasteiger partial charge on any atom is -0.475 e. The van der Waals surface area contributed by atoms with E-state index in [4.69, 9.17) is 9.52 Å². The molecule has 0 amide bonds. The number of aromatic carboxylic acids is 1. The van der Waals surface area contributed by atoms with Crippen molar-refractivity contribution in [2.75, 3.05) is 5.32 Å². The van der Waals surface area contributed by atoms with Gasteiger partial charge in [0, 0.05) is 12.1 Å². The molecule has 16 heavy (non-hydrogen) atoms. The summed E-state index contributed by atoms with van der Waals surface area (Å²) in [7, 11) is 0. The number of hydrogen-bond acceptors (Lipinski definition) is 3. The predicted octanol–water partition coefficient (Wildman–Crippen LogP) is 2.82. The normalized spacial score (nSPS) is 29.2. The van der Waals surface area contributed by atoms with E-state index in [9.17, 15) is 4.79 Å². The van der Waals surface area contributed by atoms with Crippen LogP contribution in [0.1, 0.15) is 37.2 Å². The molecule has 3 unspecified atom stereocenters. The van der Waals surface area contributed by atoms with Gasteiger partial charge in [0.25, 0.3) is 0 Å². The Morgan fingerprint density at radius 1 is 1.44 bits per heavy atom. The highest BCUT2D eigenvalue weighted by Crippen LogP contribution is 2.33. The van der Waals surface area contributed by atoms with E-state index in [0.29, 0.717) is 23.8 Å². The van der Waals surface area contributed by atoms with Crippen LogP contribution in [-0.4, -0.2) is 17.1 Å². The summed E-state index contributed by atoms with van der Waals surface area (Å²) in [5, 5.41) is 12.0. The van der Waals surface area contributed by atoms with Crippen molar-refractivity contribution in [2.45, 2.75) is 32.7 Å². The van der Waals surface area contributed by atoms with Crippen molar-refractivity contribution in [3.05, 3.63) is 17.9 Å². The maximum atomic E-state index is 10.6. The highest BCUT2D eigenvalue weighted by Gasteiger charge is 2.30. The van der Waals surface area contributed by atoms with Gasteiger partial charge in [0.05, 0.1) is 0 Å². The molecule has 3 atom stereocenters. The van der Waals surface area contributed by atoms with Crippen LogP contribution in [0.3, 0.4) is 0 Å². The van der Waals surface area contributed by atoms with E-state index in [-0.39, 0.29) is 5.76 Å². The lowest BCUT2D eigenvalue weighted by Crippen LogP contribution is -2.23. The molecule has 0 radical (unpaired) electrons. The van der Waals surface area contributed by atoms with Crippen LogP contribution in [0.5, 0.6) is 0 Å². The molecule has 1 aliphatic rings. The number of hydrogen-bond donors (Lipinski definition) is 2. The van der Waals surface area contributed by atoms with Crippen molar-refractivity contribution < 1.29 is 14.3 Å². The smallest absolute Gasteiger partial charge is 0.371 e. The molecule has 0 saturated heterocycles. The number of furan rings is 1. The van der Waals surface area contributed by atoms with Gasteiger partial charge in [-0.3, -0.25) is 0 Å². The molecule has 0 aromatic carbocycles. The monoisotopic (exact) mass is 223 g/mol. The summed E-state index contributed by atoms with van der Waals surface area (Å²) in [4.78, 5) is 10.6. The van der Waals surface area contributed by atoms with Gasteiger partial charge in [-0.25, -0.2) is 4.79 Å². The number of carboxylic acid groups (broad SMARTS) is 1. The topological polar surface area (TPSA) is 62.5 Å². The maximum Gasteiger partial charge on any atom is 0.371 e. The van der Waals surface area contributed by atoms with Crippen molar-refractivity contribution in [3.63, 3.8) is 0 Å². The van der Waals surface area contributed by atoms with Gasteiger partial charge in [0.1, 0.15) is 0 Å². The minimum atomic E-state index is -1.03. The first kappa shape index (κ1) is 11.0. The summed E-state index contributed by atoms with van der Waals surface area (Å²) < 4.78 is 5.18. The fraction of sp³-hybridized carbons (Fsp3) is 0.583. The van der Waals surface area contributed by atoms with E-state index in [0.717, 1.165) is 6.42 Å². The van der Waals surface area contributed by atoms with Gasteiger partial charge in [-0.2, -0.15) is 0 Å². The fourth-order valence-corrected chi connectivity index (χ4v) is 2.28. The maximum absolute atomic E-state index is 10.6. The Morgan fingerprint density at radius 2 is 2.19 bits per heavy atom. The van der Waals surface area contributed by atoms with E-state index in [2.05, 4.69) is 19.2 Å². The zero-order chi connectivity index (χ0) is 11.7. The van der Waals surface area contributed by atoms with Crippen molar-refractivity contribution >= 4 is 11.9 Å². The molecular formula is C12H17NO3. The van der Waals surface area contributed by atoms with Crippen LogP contribution >= 0.6 is 0 Å². The summed E-state index contributed by atoms with van der Waals surface area (Å²) in [6.45, 7) is 4.47. The molecule has 0 bridgehead atoms. The molecule has 4 heteroatoms. The largest absolute Gasteiger partial charge is 0.475 e. The van der Waals surface area contributed by atoms with Gasteiger partial charge in [-0.05, 0) is 30.7 Å². The Hall–Kier alpha value is -1.45. The first-order valence-electron chi connectivity index (χ1n) is 5.67. The van der Waals surface area contributed by atoms with Gasteiger partial charge in [-0.15, -0.1) is 0 Å². The van der Waals surface area contributed by atoms with Gasteiger partial charge < -0.3 is 14.8 Å². The second-order valence-electron chi connectivity index (χ2n) is 4.63. The summed E-state index contributed by atoms with van der Waals surface area (Å²) in [6, 6.07) is 3.55. The molecule has 1 heterocycles. The van der Waals surface area contributed by atoms with Gasteiger partial charge in [0.15, 0.2) is 5.88 Å². The van der Waals surface area contributed by atoms with Crippen molar-refractivity contribution in [2.24, 2.45) is 11.8 Å². The Bertz CT molecular complexity index is 385. The van der Waals surface area contributed by atoms with Crippen LogP contribution in [-0.2, 0) is 0 Å². The standard InChI is InChI=1S/C12H17NO3/c1-7-3-4-9(8(7)2)13-11-6-5-10(16-11)12(14)15/h5-9,13H,3-4H2,1-2H3,(H,14,15). The first-order chi connectivity index (χ1) is 7.58. The molecular weight excluding hydrogens is 206 g/mol. The van der Waals surface area contributed by atoms with Crippen LogP contribution in [0, 0.1) is 11.8 Å². The van der Waals surface area contributed by atoms with Crippen LogP contribution in [0.15, 0.2) is 16.5 Å². The van der Waals surface area contributed by atoms with Crippen molar-refractivity contribution in [1.82, 2.24) is 0 Å². The van der Waals surface area contributed by atoms with Crippen LogP contribution in [0.25, 0.3) is 0 Å². The zero-order valence-corrected chi connectivity index (χ0v) is 9.56. The Kier molecular flexibility index (Phi) is 2.90. The van der Waals surface area contributed by atoms with Gasteiger partial charge in [-0.1, -0.05) is 13.8 Å². The van der Waals surface area contributed by atoms with Gasteiger partial charge >= 0.3 is 5.97 Å². The molecule has 2 rings (SSSR count). The zero-order valence-electron chi connectivity index (χ0n) is 9.56. The molecule has 1 aromatic heterocycles. The van der Waals surface area contributed by atoms with E-state index in [1.807, 2.05) is 0 Å². The summed E-state index contributed by atoms with van der Waals surface area (Å²) >= 11 is 0. The molecule has 2 N–H and O–H groups in total. The first-order valence-corrected chi connectivity index (χ1v) is 5.67. The van der Waals surface area contributed by atoms with Crippen molar-refractivity contribution in [3.8, 4) is 0 Å². The molecule has 1 aromatic rings. The third-order valence-electron chi connectivity index (χ3n) is 3.61. The van der Waals surface area contributed by atoms with Crippen LogP contribution < -0.4 is 5.32 Å². The Labute approximate surface area is 94.6 Å². The molecule has 1 fully saturated rings. The Balaban J connectivity index is 2.01. The number of nitrogens with one attached hydrogen (secondary N) is 1. The fourth-order valence-electron chi connectivity index (χ4n) is 2.28. The summed E-state index contributed by atoms with van der Waals surface area (Å²) in [5.41, 5.74) is 0. The number of carboxylic acids is 1. The highest BCUT2D eigenvalue weighted by molar-refractivity contribution is 5.84. The lowest BCUT2D eigenvalue weighted by Gasteiger charge is -2.18. The van der Waals surface area contributed by atoms with E-state index < -0.39 is 5.97 Å². The second-order valence-corrected chi connectivity index (χ2v) is 4.63. The second kappa shape index (κ2) is 4.20. The van der Waals surface area contributed by atoms with E-state index in [1.54, 1.807) is 6.07 Å². The molecule has 0 spiro atoms. The average molecular weight is 223 g/mol.